The van der Waals surface area contributed by atoms with Crippen molar-refractivity contribution in [3.8, 4) is 0 Å². The normalized spacial score (nSPS) is 24.1. The average Bonchev–Trinajstić information content (AvgIpc) is 2.90. The number of benzene rings is 2. The zero-order valence-electron chi connectivity index (χ0n) is 22.8. The van der Waals surface area contributed by atoms with Gasteiger partial charge in [-0.05, 0) is 97.6 Å². The van der Waals surface area contributed by atoms with Gasteiger partial charge in [-0.25, -0.2) is 22.0 Å². The number of hydrogen-bond acceptors (Lipinski definition) is 0. The molecule has 0 N–H and O–H groups in total. The van der Waals surface area contributed by atoms with Crippen molar-refractivity contribution in [1.82, 2.24) is 0 Å². The van der Waals surface area contributed by atoms with Crippen LogP contribution in [0.2, 0.25) is 0 Å². The summed E-state index contributed by atoms with van der Waals surface area (Å²) < 4.78 is 69.7. The maximum Gasteiger partial charge on any atom is 0.194 e. The standard InChI is InChI=1S/C33H43F5/c1-2-5-22-8-10-23(11-9-22)6-3-4-7-24-12-15-26(16-13-24)27-20-29(34)28(30(35)21-27)17-14-25-18-31(36)33(38)32(37)19-25/h18-24,26H,2-17H2,1H3/t22-,23-,24?,26?. The molecule has 210 valence electrons. The first kappa shape index (κ1) is 29.1. The van der Waals surface area contributed by atoms with Crippen LogP contribution >= 0.6 is 0 Å². The first-order valence-corrected chi connectivity index (χ1v) is 14.9. The second-order valence-electron chi connectivity index (χ2n) is 12.0. The van der Waals surface area contributed by atoms with Crippen LogP contribution in [0.4, 0.5) is 22.0 Å². The molecule has 0 spiro atoms. The Morgan fingerprint density at radius 2 is 1.05 bits per heavy atom. The molecule has 2 fully saturated rings. The van der Waals surface area contributed by atoms with E-state index >= 15 is 0 Å². The fourth-order valence-corrected chi connectivity index (χ4v) is 6.99. The van der Waals surface area contributed by atoms with E-state index in [-0.39, 0.29) is 29.9 Å². The molecule has 38 heavy (non-hydrogen) atoms. The second-order valence-corrected chi connectivity index (χ2v) is 12.0. The molecule has 0 nitrogen and oxygen atoms in total. The molecule has 2 aliphatic rings. The van der Waals surface area contributed by atoms with E-state index in [0.717, 1.165) is 55.6 Å². The minimum absolute atomic E-state index is 0.0204. The lowest BCUT2D eigenvalue weighted by atomic mass is 9.76. The maximum atomic E-state index is 14.8. The first-order chi connectivity index (χ1) is 18.3. The van der Waals surface area contributed by atoms with Crippen LogP contribution in [0.1, 0.15) is 119 Å². The van der Waals surface area contributed by atoms with E-state index in [0.29, 0.717) is 5.56 Å². The summed E-state index contributed by atoms with van der Waals surface area (Å²) in [4.78, 5) is 0. The second kappa shape index (κ2) is 13.9. The molecule has 0 atom stereocenters. The van der Waals surface area contributed by atoms with E-state index in [1.54, 1.807) is 0 Å². The van der Waals surface area contributed by atoms with Crippen LogP contribution < -0.4 is 0 Å². The van der Waals surface area contributed by atoms with Gasteiger partial charge in [-0.15, -0.1) is 0 Å². The molecule has 0 unspecified atom stereocenters. The van der Waals surface area contributed by atoms with Crippen LogP contribution in [0.15, 0.2) is 24.3 Å². The maximum absolute atomic E-state index is 14.8. The molecule has 2 aromatic rings. The highest BCUT2D eigenvalue weighted by atomic mass is 19.2. The Morgan fingerprint density at radius 3 is 1.55 bits per heavy atom. The molecule has 4 rings (SSSR count). The minimum atomic E-state index is -1.54. The van der Waals surface area contributed by atoms with Crippen molar-refractivity contribution in [1.29, 1.82) is 0 Å². The molecule has 0 radical (unpaired) electrons. The van der Waals surface area contributed by atoms with E-state index in [1.165, 1.54) is 76.3 Å². The van der Waals surface area contributed by atoms with Gasteiger partial charge in [0.05, 0.1) is 0 Å². The van der Waals surface area contributed by atoms with Gasteiger partial charge in [-0.3, -0.25) is 0 Å². The summed E-state index contributed by atoms with van der Waals surface area (Å²) in [6.07, 6.45) is 17.8. The number of aryl methyl sites for hydroxylation is 1. The fraction of sp³-hybridized carbons (Fsp3) is 0.636. The summed E-state index contributed by atoms with van der Waals surface area (Å²) in [6.45, 7) is 2.29. The van der Waals surface area contributed by atoms with Gasteiger partial charge >= 0.3 is 0 Å². The average molecular weight is 535 g/mol. The highest BCUT2D eigenvalue weighted by Gasteiger charge is 2.25. The van der Waals surface area contributed by atoms with Crippen molar-refractivity contribution >= 4 is 0 Å². The van der Waals surface area contributed by atoms with Gasteiger partial charge in [-0.2, -0.15) is 0 Å². The van der Waals surface area contributed by atoms with E-state index in [2.05, 4.69) is 6.92 Å². The van der Waals surface area contributed by atoms with Crippen molar-refractivity contribution in [3.05, 3.63) is 70.0 Å². The third-order valence-electron chi connectivity index (χ3n) is 9.33. The number of hydrogen-bond donors (Lipinski definition) is 0. The molecular weight excluding hydrogens is 491 g/mol. The van der Waals surface area contributed by atoms with Gasteiger partial charge in [0.15, 0.2) is 17.5 Å². The van der Waals surface area contributed by atoms with E-state index in [9.17, 15) is 22.0 Å². The van der Waals surface area contributed by atoms with Gasteiger partial charge in [0, 0.05) is 5.56 Å². The van der Waals surface area contributed by atoms with Crippen molar-refractivity contribution in [2.45, 2.75) is 116 Å². The number of rotatable bonds is 11. The van der Waals surface area contributed by atoms with Gasteiger partial charge in [0.25, 0.3) is 0 Å². The van der Waals surface area contributed by atoms with Gasteiger partial charge in [0.1, 0.15) is 11.6 Å². The molecule has 2 aliphatic carbocycles. The summed E-state index contributed by atoms with van der Waals surface area (Å²) in [5.41, 5.74) is 0.785. The van der Waals surface area contributed by atoms with Crippen molar-refractivity contribution in [3.63, 3.8) is 0 Å². The lowest BCUT2D eigenvalue weighted by Gasteiger charge is -2.30. The van der Waals surface area contributed by atoms with Crippen molar-refractivity contribution < 1.29 is 22.0 Å². The lowest BCUT2D eigenvalue weighted by Crippen LogP contribution is -2.15. The highest BCUT2D eigenvalue weighted by molar-refractivity contribution is 5.30. The van der Waals surface area contributed by atoms with Crippen LogP contribution in [-0.4, -0.2) is 0 Å². The molecule has 0 amide bonds. The van der Waals surface area contributed by atoms with Gasteiger partial charge < -0.3 is 0 Å². The predicted octanol–water partition coefficient (Wildman–Crippen LogP) is 10.6. The monoisotopic (exact) mass is 534 g/mol. The Morgan fingerprint density at radius 1 is 0.579 bits per heavy atom. The summed E-state index contributed by atoms with van der Waals surface area (Å²) in [5, 5.41) is 0. The minimum Gasteiger partial charge on any atom is -0.207 e. The van der Waals surface area contributed by atoms with Crippen molar-refractivity contribution in [2.75, 3.05) is 0 Å². The topological polar surface area (TPSA) is 0 Å². The van der Waals surface area contributed by atoms with Gasteiger partial charge in [-0.1, -0.05) is 71.1 Å². The molecule has 0 heterocycles. The predicted molar refractivity (Wildman–Crippen MR) is 144 cm³/mol. The van der Waals surface area contributed by atoms with Crippen LogP contribution in [0.5, 0.6) is 0 Å². The summed E-state index contributed by atoms with van der Waals surface area (Å²) in [7, 11) is 0. The highest BCUT2D eigenvalue weighted by Crippen LogP contribution is 2.39. The Bertz CT molecular complexity index is 986. The van der Waals surface area contributed by atoms with Crippen molar-refractivity contribution in [2.24, 2.45) is 17.8 Å². The zero-order valence-corrected chi connectivity index (χ0v) is 22.8. The van der Waals surface area contributed by atoms with E-state index in [1.807, 2.05) is 0 Å². The first-order valence-electron chi connectivity index (χ1n) is 14.9. The molecule has 5 heteroatoms. The van der Waals surface area contributed by atoms with E-state index < -0.39 is 29.1 Å². The smallest absolute Gasteiger partial charge is 0.194 e. The molecule has 0 aromatic heterocycles. The quantitative estimate of drug-likeness (QED) is 0.153. The number of unbranched alkanes of at least 4 members (excludes halogenated alkanes) is 1. The Kier molecular flexibility index (Phi) is 10.7. The third kappa shape index (κ3) is 7.82. The fourth-order valence-electron chi connectivity index (χ4n) is 6.99. The Hall–Kier alpha value is -1.91. The molecule has 0 saturated heterocycles. The summed E-state index contributed by atoms with van der Waals surface area (Å²) in [6, 6.07) is 4.62. The molecule has 2 aromatic carbocycles. The lowest BCUT2D eigenvalue weighted by molar-refractivity contribution is 0.243. The van der Waals surface area contributed by atoms with E-state index in [4.69, 9.17) is 0 Å². The van der Waals surface area contributed by atoms with Crippen LogP contribution in [0.3, 0.4) is 0 Å². The largest absolute Gasteiger partial charge is 0.207 e. The summed E-state index contributed by atoms with van der Waals surface area (Å²) in [5.74, 6) is -2.56. The SMILES string of the molecule is CCC[C@H]1CC[C@H](CCCCC2CCC(c3cc(F)c(CCc4cc(F)c(F)c(F)c4)c(F)c3)CC2)CC1. The van der Waals surface area contributed by atoms with Crippen LogP contribution in [0.25, 0.3) is 0 Å². The van der Waals surface area contributed by atoms with Crippen LogP contribution in [0, 0.1) is 46.8 Å². The molecular formula is C33H43F5. The molecule has 2 saturated carbocycles. The zero-order chi connectivity index (χ0) is 27.1. The summed E-state index contributed by atoms with van der Waals surface area (Å²) >= 11 is 0. The molecule has 0 aliphatic heterocycles. The van der Waals surface area contributed by atoms with Gasteiger partial charge in [0.2, 0.25) is 0 Å². The third-order valence-corrected chi connectivity index (χ3v) is 9.33. The Balaban J connectivity index is 1.19. The molecule has 0 bridgehead atoms. The number of halogens is 5. The Labute approximate surface area is 225 Å². The van der Waals surface area contributed by atoms with Crippen LogP contribution in [-0.2, 0) is 12.8 Å².